The van der Waals surface area contributed by atoms with Crippen LogP contribution in [0.5, 0.6) is 0 Å². The Morgan fingerprint density at radius 1 is 1.32 bits per heavy atom. The molecule has 22 heavy (non-hydrogen) atoms. The lowest BCUT2D eigenvalue weighted by molar-refractivity contribution is -0.117. The molecule has 0 radical (unpaired) electrons. The van der Waals surface area contributed by atoms with Crippen molar-refractivity contribution in [2.75, 3.05) is 16.8 Å². The minimum Gasteiger partial charge on any atom is -0.311 e. The van der Waals surface area contributed by atoms with E-state index in [9.17, 15) is 9.59 Å². The van der Waals surface area contributed by atoms with Gasteiger partial charge in [0.2, 0.25) is 5.91 Å². The van der Waals surface area contributed by atoms with Gasteiger partial charge in [-0.1, -0.05) is 11.6 Å². The van der Waals surface area contributed by atoms with Crippen LogP contribution in [0.4, 0.5) is 11.5 Å². The van der Waals surface area contributed by atoms with Crippen molar-refractivity contribution >= 4 is 34.9 Å². The van der Waals surface area contributed by atoms with Crippen LogP contribution in [-0.2, 0) is 4.79 Å². The largest absolute Gasteiger partial charge is 0.311 e. The van der Waals surface area contributed by atoms with Gasteiger partial charge in [-0.15, -0.1) is 0 Å². The van der Waals surface area contributed by atoms with Crippen molar-refractivity contribution < 1.29 is 9.59 Å². The maximum absolute atomic E-state index is 12.2. The second kappa shape index (κ2) is 6.11. The Bertz CT molecular complexity index is 721. The smallest absolute Gasteiger partial charge is 0.256 e. The van der Waals surface area contributed by atoms with Crippen LogP contribution in [0.15, 0.2) is 36.8 Å². The maximum Gasteiger partial charge on any atom is 0.256 e. The predicted molar refractivity (Wildman–Crippen MR) is 83.0 cm³/mol. The number of anilines is 2. The molecule has 0 spiro atoms. The molecule has 0 aliphatic carbocycles. The average molecular weight is 317 g/mol. The minimum absolute atomic E-state index is 0.0217. The van der Waals surface area contributed by atoms with E-state index in [0.29, 0.717) is 35.1 Å². The standard InChI is InChI=1S/C15H13ClN4O2/c16-11-4-3-10(8-12(11)20-7-1-2-14(20)21)15(22)19-13-9-17-5-6-18-13/h3-6,8-9H,1-2,7H2,(H,18,19,22). The van der Waals surface area contributed by atoms with E-state index in [1.807, 2.05) is 0 Å². The summed E-state index contributed by atoms with van der Waals surface area (Å²) in [5, 5.41) is 3.10. The number of amides is 2. The summed E-state index contributed by atoms with van der Waals surface area (Å²) in [6.45, 7) is 0.619. The van der Waals surface area contributed by atoms with E-state index in [1.54, 1.807) is 23.1 Å². The molecule has 1 aliphatic rings. The van der Waals surface area contributed by atoms with E-state index < -0.39 is 0 Å². The van der Waals surface area contributed by atoms with Crippen molar-refractivity contribution in [3.63, 3.8) is 0 Å². The third-order valence-corrected chi connectivity index (χ3v) is 3.70. The molecule has 1 aromatic carbocycles. The third kappa shape index (κ3) is 2.92. The lowest BCUT2D eigenvalue weighted by atomic mass is 10.1. The zero-order valence-corrected chi connectivity index (χ0v) is 12.4. The lowest BCUT2D eigenvalue weighted by Crippen LogP contribution is -2.24. The molecule has 6 nitrogen and oxygen atoms in total. The van der Waals surface area contributed by atoms with E-state index >= 15 is 0 Å². The van der Waals surface area contributed by atoms with Crippen LogP contribution in [-0.4, -0.2) is 28.3 Å². The van der Waals surface area contributed by atoms with Crippen molar-refractivity contribution in [3.05, 3.63) is 47.4 Å². The van der Waals surface area contributed by atoms with Crippen LogP contribution in [0.2, 0.25) is 5.02 Å². The Morgan fingerprint density at radius 2 is 2.18 bits per heavy atom. The van der Waals surface area contributed by atoms with Gasteiger partial charge in [-0.05, 0) is 24.6 Å². The average Bonchev–Trinajstić information content (AvgIpc) is 2.94. The Kier molecular flexibility index (Phi) is 4.02. The van der Waals surface area contributed by atoms with Crippen LogP contribution in [0.1, 0.15) is 23.2 Å². The van der Waals surface area contributed by atoms with Gasteiger partial charge in [-0.3, -0.25) is 14.6 Å². The number of halogens is 1. The van der Waals surface area contributed by atoms with Crippen LogP contribution in [0.3, 0.4) is 0 Å². The number of nitrogens with zero attached hydrogens (tertiary/aromatic N) is 3. The molecule has 1 aromatic heterocycles. The Balaban J connectivity index is 1.85. The number of carbonyl (C=O) groups is 2. The van der Waals surface area contributed by atoms with Crippen molar-refractivity contribution in [2.24, 2.45) is 0 Å². The molecule has 2 aromatic rings. The molecular weight excluding hydrogens is 304 g/mol. The third-order valence-electron chi connectivity index (χ3n) is 3.38. The summed E-state index contributed by atoms with van der Waals surface area (Å²) in [5.74, 6) is 0.0553. The number of aromatic nitrogens is 2. The molecule has 1 aliphatic heterocycles. The van der Waals surface area contributed by atoms with Gasteiger partial charge in [0.15, 0.2) is 5.82 Å². The SMILES string of the molecule is O=C(Nc1cnccn1)c1ccc(Cl)c(N2CCCC2=O)c1. The highest BCUT2D eigenvalue weighted by Gasteiger charge is 2.24. The molecule has 0 bridgehead atoms. The van der Waals surface area contributed by atoms with Gasteiger partial charge in [-0.2, -0.15) is 0 Å². The molecule has 1 fully saturated rings. The molecule has 1 N–H and O–H groups in total. The molecule has 112 valence electrons. The first-order valence-electron chi connectivity index (χ1n) is 6.82. The molecule has 0 unspecified atom stereocenters. The second-order valence-electron chi connectivity index (χ2n) is 4.86. The van der Waals surface area contributed by atoms with E-state index in [2.05, 4.69) is 15.3 Å². The number of carbonyl (C=O) groups excluding carboxylic acids is 2. The van der Waals surface area contributed by atoms with Crippen molar-refractivity contribution in [3.8, 4) is 0 Å². The maximum atomic E-state index is 12.2. The fourth-order valence-corrected chi connectivity index (χ4v) is 2.54. The minimum atomic E-state index is -0.329. The van der Waals surface area contributed by atoms with Gasteiger partial charge < -0.3 is 10.2 Å². The van der Waals surface area contributed by atoms with Crippen LogP contribution in [0.25, 0.3) is 0 Å². The normalized spacial score (nSPS) is 14.2. The zero-order valence-electron chi connectivity index (χ0n) is 11.6. The highest BCUT2D eigenvalue weighted by Crippen LogP contribution is 2.30. The number of hydrogen-bond acceptors (Lipinski definition) is 4. The van der Waals surface area contributed by atoms with Gasteiger partial charge in [-0.25, -0.2) is 4.98 Å². The lowest BCUT2D eigenvalue weighted by Gasteiger charge is -2.18. The second-order valence-corrected chi connectivity index (χ2v) is 5.27. The van der Waals surface area contributed by atoms with Gasteiger partial charge in [0.05, 0.1) is 16.9 Å². The van der Waals surface area contributed by atoms with E-state index in [0.717, 1.165) is 6.42 Å². The molecule has 2 heterocycles. The van der Waals surface area contributed by atoms with Crippen LogP contribution >= 0.6 is 11.6 Å². The topological polar surface area (TPSA) is 75.2 Å². The number of hydrogen-bond donors (Lipinski definition) is 1. The van der Waals surface area contributed by atoms with E-state index in [1.165, 1.54) is 18.6 Å². The summed E-state index contributed by atoms with van der Waals surface area (Å²) in [6, 6.07) is 4.85. The van der Waals surface area contributed by atoms with Crippen molar-refractivity contribution in [1.29, 1.82) is 0 Å². The molecular formula is C15H13ClN4O2. The molecule has 1 saturated heterocycles. The Labute approximate surface area is 132 Å². The van der Waals surface area contributed by atoms with Gasteiger partial charge in [0.1, 0.15) is 0 Å². The highest BCUT2D eigenvalue weighted by atomic mass is 35.5. The van der Waals surface area contributed by atoms with Gasteiger partial charge >= 0.3 is 0 Å². The number of nitrogens with one attached hydrogen (secondary N) is 1. The molecule has 0 atom stereocenters. The summed E-state index contributed by atoms with van der Waals surface area (Å²) in [4.78, 5) is 33.6. The monoisotopic (exact) mass is 316 g/mol. The molecule has 7 heteroatoms. The first-order valence-corrected chi connectivity index (χ1v) is 7.20. The summed E-state index contributed by atoms with van der Waals surface area (Å²) in [6.07, 6.45) is 5.77. The first kappa shape index (κ1) is 14.5. The Hall–Kier alpha value is -2.47. The van der Waals surface area contributed by atoms with Gasteiger partial charge in [0.25, 0.3) is 5.91 Å². The van der Waals surface area contributed by atoms with Crippen molar-refractivity contribution in [2.45, 2.75) is 12.8 Å². The summed E-state index contributed by atoms with van der Waals surface area (Å²) in [5.41, 5.74) is 0.973. The van der Waals surface area contributed by atoms with E-state index in [4.69, 9.17) is 11.6 Å². The van der Waals surface area contributed by atoms with E-state index in [-0.39, 0.29) is 11.8 Å². The Morgan fingerprint density at radius 3 is 2.86 bits per heavy atom. The number of benzene rings is 1. The summed E-state index contributed by atoms with van der Waals surface area (Å²) >= 11 is 6.16. The predicted octanol–water partition coefficient (Wildman–Crippen LogP) is 2.51. The number of rotatable bonds is 3. The summed E-state index contributed by atoms with van der Waals surface area (Å²) in [7, 11) is 0. The molecule has 3 rings (SSSR count). The zero-order chi connectivity index (χ0) is 15.5. The van der Waals surface area contributed by atoms with Crippen LogP contribution in [0, 0.1) is 0 Å². The fraction of sp³-hybridized carbons (Fsp3) is 0.200. The highest BCUT2D eigenvalue weighted by molar-refractivity contribution is 6.34. The van der Waals surface area contributed by atoms with Crippen molar-refractivity contribution in [1.82, 2.24) is 9.97 Å². The first-order chi connectivity index (χ1) is 10.6. The molecule has 0 saturated carbocycles. The quantitative estimate of drug-likeness (QED) is 0.944. The van der Waals surface area contributed by atoms with Crippen LogP contribution < -0.4 is 10.2 Å². The fourth-order valence-electron chi connectivity index (χ4n) is 2.32. The summed E-state index contributed by atoms with van der Waals surface area (Å²) < 4.78 is 0. The molecule has 2 amide bonds. The van der Waals surface area contributed by atoms with Gasteiger partial charge in [0, 0.05) is 30.9 Å².